The van der Waals surface area contributed by atoms with Gasteiger partial charge in [-0.2, -0.15) is 0 Å². The molecule has 0 spiro atoms. The van der Waals surface area contributed by atoms with E-state index in [1.54, 1.807) is 0 Å². The van der Waals surface area contributed by atoms with Crippen LogP contribution in [-0.2, 0) is 19.5 Å². The van der Waals surface area contributed by atoms with Gasteiger partial charge in [0.25, 0.3) is 5.82 Å². The van der Waals surface area contributed by atoms with Crippen LogP contribution in [0.25, 0.3) is 11.3 Å². The Hall–Kier alpha value is -1.10. The van der Waals surface area contributed by atoms with Crippen LogP contribution in [0.2, 0.25) is 5.02 Å². The average Bonchev–Trinajstić information content (AvgIpc) is 3.14. The van der Waals surface area contributed by atoms with Crippen molar-refractivity contribution in [3.8, 4) is 11.3 Å². The second-order valence-corrected chi connectivity index (χ2v) is 7.30. The van der Waals surface area contributed by atoms with E-state index in [2.05, 4.69) is 67.7 Å². The molecule has 124 valence electrons. The Morgan fingerprint density at radius 3 is 2.46 bits per heavy atom. The normalized spacial score (nSPS) is 12.8. The van der Waals surface area contributed by atoms with Gasteiger partial charge in [-0.15, -0.1) is 17.0 Å². The van der Waals surface area contributed by atoms with Crippen LogP contribution in [0.15, 0.2) is 59.2 Å². The fraction of sp³-hybridized carbons (Fsp3) is 0.211. The average molecular weight is 470 g/mol. The number of fused-ring (bicyclic) bond motifs is 1. The monoisotopic (exact) mass is 467 g/mol. The van der Waals surface area contributed by atoms with Crippen LogP contribution in [-0.4, -0.2) is 4.57 Å². The molecule has 5 heteroatoms. The van der Waals surface area contributed by atoms with Gasteiger partial charge < -0.3 is 0 Å². The topological polar surface area (TPSA) is 8.81 Å². The molecule has 0 saturated carbocycles. The van der Waals surface area contributed by atoms with E-state index in [4.69, 9.17) is 11.6 Å². The van der Waals surface area contributed by atoms with Gasteiger partial charge in [-0.25, -0.2) is 9.13 Å². The van der Waals surface area contributed by atoms with Gasteiger partial charge in [0.15, 0.2) is 5.69 Å². The quantitative estimate of drug-likeness (QED) is 0.452. The number of nitrogens with zero attached hydrogens (tertiary/aromatic N) is 2. The summed E-state index contributed by atoms with van der Waals surface area (Å²) in [6, 6.07) is 16.7. The van der Waals surface area contributed by atoms with Gasteiger partial charge in [0.1, 0.15) is 12.7 Å². The van der Waals surface area contributed by atoms with Crippen LogP contribution in [0.3, 0.4) is 0 Å². The molecule has 0 amide bonds. The fourth-order valence-electron chi connectivity index (χ4n) is 3.28. The molecule has 0 bridgehead atoms. The van der Waals surface area contributed by atoms with Gasteiger partial charge in [-0.3, -0.25) is 0 Å². The molecule has 1 aliphatic heterocycles. The summed E-state index contributed by atoms with van der Waals surface area (Å²) in [6.45, 7) is 2.01. The lowest BCUT2D eigenvalue weighted by Gasteiger charge is -2.00. The van der Waals surface area contributed by atoms with E-state index in [1.165, 1.54) is 29.1 Å². The summed E-state index contributed by atoms with van der Waals surface area (Å²) in [5.74, 6) is 1.41. The maximum atomic E-state index is 6.03. The molecule has 0 aliphatic carbocycles. The third-order valence-corrected chi connectivity index (χ3v) is 5.18. The SMILES string of the molecule is Br.Clc1ccc(-c2c[n+](Cc3ccc(Br)cc3)c3n2CCC3)cc1. The van der Waals surface area contributed by atoms with Crippen LogP contribution in [0.1, 0.15) is 17.8 Å². The van der Waals surface area contributed by atoms with Crippen molar-refractivity contribution in [2.75, 3.05) is 0 Å². The molecule has 0 unspecified atom stereocenters. The van der Waals surface area contributed by atoms with Gasteiger partial charge in [-0.05, 0) is 48.4 Å². The molecule has 0 N–H and O–H groups in total. The van der Waals surface area contributed by atoms with E-state index < -0.39 is 0 Å². The second kappa shape index (κ2) is 7.42. The van der Waals surface area contributed by atoms with Crippen molar-refractivity contribution < 1.29 is 4.57 Å². The minimum atomic E-state index is 0. The Morgan fingerprint density at radius 2 is 1.75 bits per heavy atom. The molecule has 1 aliphatic rings. The summed E-state index contributed by atoms with van der Waals surface area (Å²) in [4.78, 5) is 0. The van der Waals surface area contributed by atoms with Gasteiger partial charge in [0.2, 0.25) is 0 Å². The summed E-state index contributed by atoms with van der Waals surface area (Å²) in [5, 5.41) is 0.782. The van der Waals surface area contributed by atoms with Crippen LogP contribution >= 0.6 is 44.5 Å². The molecule has 1 aromatic heterocycles. The van der Waals surface area contributed by atoms with Crippen molar-refractivity contribution in [2.24, 2.45) is 0 Å². The highest BCUT2D eigenvalue weighted by molar-refractivity contribution is 9.10. The zero-order chi connectivity index (χ0) is 15.8. The van der Waals surface area contributed by atoms with E-state index >= 15 is 0 Å². The molecule has 4 rings (SSSR count). The van der Waals surface area contributed by atoms with E-state index in [9.17, 15) is 0 Å². The molecule has 0 radical (unpaired) electrons. The molecule has 0 fully saturated rings. The molecular formula is C19H18Br2ClN2+. The smallest absolute Gasteiger partial charge is 0.229 e. The van der Waals surface area contributed by atoms with Crippen molar-refractivity contribution in [2.45, 2.75) is 25.9 Å². The predicted octanol–water partition coefficient (Wildman–Crippen LogP) is 5.43. The zero-order valence-corrected chi connectivity index (χ0v) is 17.1. The van der Waals surface area contributed by atoms with Crippen molar-refractivity contribution in [1.29, 1.82) is 0 Å². The first-order valence-corrected chi connectivity index (χ1v) is 9.00. The number of imidazole rings is 1. The molecule has 0 saturated heterocycles. The predicted molar refractivity (Wildman–Crippen MR) is 107 cm³/mol. The third-order valence-electron chi connectivity index (χ3n) is 4.40. The molecule has 2 heterocycles. The summed E-state index contributed by atoms with van der Waals surface area (Å²) in [5.41, 5.74) is 3.83. The Bertz CT molecular complexity index is 839. The first kappa shape index (κ1) is 17.7. The standard InChI is InChI=1S/C19H17BrClN2.BrH/c20-16-7-3-14(4-8-16)12-22-13-18(23-11-1-2-19(22)23)15-5-9-17(21)10-6-15;/h3-10,13H,1-2,11-12H2;1H/q+1;. The number of hydrogen-bond donors (Lipinski definition) is 0. The van der Waals surface area contributed by atoms with Gasteiger partial charge in [0, 0.05) is 15.1 Å². The minimum absolute atomic E-state index is 0. The Labute approximate surface area is 166 Å². The van der Waals surface area contributed by atoms with E-state index in [0.29, 0.717) is 0 Å². The minimum Gasteiger partial charge on any atom is -0.229 e. The van der Waals surface area contributed by atoms with E-state index in [0.717, 1.165) is 29.0 Å². The lowest BCUT2D eigenvalue weighted by molar-refractivity contribution is -0.694. The van der Waals surface area contributed by atoms with Crippen LogP contribution in [0, 0.1) is 0 Å². The second-order valence-electron chi connectivity index (χ2n) is 5.95. The molecule has 24 heavy (non-hydrogen) atoms. The van der Waals surface area contributed by atoms with Crippen molar-refractivity contribution >= 4 is 44.5 Å². The van der Waals surface area contributed by atoms with Gasteiger partial charge in [0.05, 0.1) is 13.0 Å². The first-order valence-electron chi connectivity index (χ1n) is 7.83. The van der Waals surface area contributed by atoms with Crippen molar-refractivity contribution in [1.82, 2.24) is 4.57 Å². The third kappa shape index (κ3) is 3.46. The highest BCUT2D eigenvalue weighted by Crippen LogP contribution is 2.26. The van der Waals surface area contributed by atoms with Crippen molar-refractivity contribution in [3.63, 3.8) is 0 Å². The summed E-state index contributed by atoms with van der Waals surface area (Å²) >= 11 is 9.53. The molecule has 2 nitrogen and oxygen atoms in total. The molecule has 2 aromatic carbocycles. The number of halogens is 3. The van der Waals surface area contributed by atoms with E-state index in [1.807, 2.05) is 12.1 Å². The highest BCUT2D eigenvalue weighted by atomic mass is 79.9. The molecular weight excluding hydrogens is 451 g/mol. The summed E-state index contributed by atoms with van der Waals surface area (Å²) in [6.07, 6.45) is 4.64. The summed E-state index contributed by atoms with van der Waals surface area (Å²) < 4.78 is 5.96. The number of rotatable bonds is 3. The number of aromatic nitrogens is 2. The number of hydrogen-bond acceptors (Lipinski definition) is 0. The zero-order valence-electron chi connectivity index (χ0n) is 13.1. The Morgan fingerprint density at radius 1 is 1.04 bits per heavy atom. The largest absolute Gasteiger partial charge is 0.257 e. The maximum absolute atomic E-state index is 6.03. The van der Waals surface area contributed by atoms with Crippen molar-refractivity contribution in [3.05, 3.63) is 75.6 Å². The Balaban J connectivity index is 0.00000169. The van der Waals surface area contributed by atoms with Crippen LogP contribution in [0.4, 0.5) is 0 Å². The fourth-order valence-corrected chi connectivity index (χ4v) is 3.67. The highest BCUT2D eigenvalue weighted by Gasteiger charge is 2.28. The van der Waals surface area contributed by atoms with Crippen LogP contribution in [0.5, 0.6) is 0 Å². The Kier molecular flexibility index (Phi) is 5.48. The molecule has 0 atom stereocenters. The number of benzene rings is 2. The lowest BCUT2D eigenvalue weighted by atomic mass is 10.1. The lowest BCUT2D eigenvalue weighted by Crippen LogP contribution is -2.36. The van der Waals surface area contributed by atoms with Gasteiger partial charge >= 0.3 is 0 Å². The van der Waals surface area contributed by atoms with Crippen LogP contribution < -0.4 is 4.57 Å². The van der Waals surface area contributed by atoms with Gasteiger partial charge in [-0.1, -0.05) is 39.7 Å². The maximum Gasteiger partial charge on any atom is 0.257 e. The van der Waals surface area contributed by atoms with E-state index in [-0.39, 0.29) is 17.0 Å². The molecule has 3 aromatic rings. The first-order chi connectivity index (χ1) is 11.2. The summed E-state index contributed by atoms with van der Waals surface area (Å²) in [7, 11) is 0.